The Balaban J connectivity index is 1.42. The monoisotopic (exact) mass is 482 g/mol. The van der Waals surface area contributed by atoms with Crippen LogP contribution in [0.25, 0.3) is 11.1 Å². The Morgan fingerprint density at radius 1 is 1.00 bits per heavy atom. The van der Waals surface area contributed by atoms with E-state index in [1.807, 2.05) is 36.4 Å². The molecule has 9 nitrogen and oxygen atoms in total. The minimum Gasteiger partial charge on any atom is -0.479 e. The van der Waals surface area contributed by atoms with Crippen molar-refractivity contribution in [1.82, 2.24) is 10.8 Å². The third-order valence-electron chi connectivity index (χ3n) is 6.71. The molecule has 3 N–H and O–H groups in total. The molecule has 4 rings (SSSR count). The quantitative estimate of drug-likeness (QED) is 0.468. The number of methoxy groups -OCH3 is 1. The highest BCUT2D eigenvalue weighted by Gasteiger charge is 2.42. The van der Waals surface area contributed by atoms with Crippen LogP contribution >= 0.6 is 0 Å². The summed E-state index contributed by atoms with van der Waals surface area (Å²) in [6.07, 6.45) is 1.14. The summed E-state index contributed by atoms with van der Waals surface area (Å²) >= 11 is 0. The van der Waals surface area contributed by atoms with Gasteiger partial charge in [-0.05, 0) is 35.1 Å². The van der Waals surface area contributed by atoms with Crippen molar-refractivity contribution in [2.75, 3.05) is 20.3 Å². The Bertz CT molecular complexity index is 1040. The number of carbonyl (C=O) groups excluding carboxylic acids is 2. The van der Waals surface area contributed by atoms with Crippen molar-refractivity contribution >= 4 is 18.0 Å². The van der Waals surface area contributed by atoms with E-state index in [1.165, 1.54) is 7.11 Å². The number of carboxylic acid groups (broad SMARTS) is 1. The van der Waals surface area contributed by atoms with Crippen molar-refractivity contribution in [3.05, 3.63) is 59.7 Å². The molecule has 0 saturated heterocycles. The first-order valence-electron chi connectivity index (χ1n) is 11.8. The van der Waals surface area contributed by atoms with Crippen LogP contribution in [0.3, 0.4) is 0 Å². The lowest BCUT2D eigenvalue weighted by molar-refractivity contribution is -0.167. The second-order valence-electron chi connectivity index (χ2n) is 8.92. The second-order valence-corrected chi connectivity index (χ2v) is 8.92. The number of carbonyl (C=O) groups is 3. The predicted molar refractivity (Wildman–Crippen MR) is 127 cm³/mol. The molecule has 2 amide bonds. The highest BCUT2D eigenvalue weighted by Crippen LogP contribution is 2.44. The summed E-state index contributed by atoms with van der Waals surface area (Å²) in [6.45, 7) is -0.106. The van der Waals surface area contributed by atoms with E-state index in [4.69, 9.17) is 14.3 Å². The van der Waals surface area contributed by atoms with Gasteiger partial charge in [0.1, 0.15) is 12.1 Å². The average molecular weight is 483 g/mol. The minimum absolute atomic E-state index is 0.0991. The Morgan fingerprint density at radius 3 is 2.17 bits per heavy atom. The molecule has 0 aromatic heterocycles. The number of nitrogens with one attached hydrogen (secondary N) is 2. The van der Waals surface area contributed by atoms with E-state index in [1.54, 1.807) is 0 Å². The third-order valence-corrected chi connectivity index (χ3v) is 6.71. The SMILES string of the molecule is COCC(ONC(=O)C1(NC(=O)OCC2c3ccccc3-c3ccccc32)CCCCC1)C(=O)O. The summed E-state index contributed by atoms with van der Waals surface area (Å²) in [5.41, 5.74) is 5.42. The molecule has 0 bridgehead atoms. The summed E-state index contributed by atoms with van der Waals surface area (Å²) in [4.78, 5) is 42.3. The molecule has 2 aliphatic rings. The van der Waals surface area contributed by atoms with Crippen LogP contribution in [-0.2, 0) is 23.9 Å². The molecular weight excluding hydrogens is 452 g/mol. The first-order valence-corrected chi connectivity index (χ1v) is 11.8. The van der Waals surface area contributed by atoms with E-state index < -0.39 is 29.6 Å². The van der Waals surface area contributed by atoms with E-state index in [0.29, 0.717) is 12.8 Å². The fraction of sp³-hybridized carbons (Fsp3) is 0.423. The predicted octanol–water partition coefficient (Wildman–Crippen LogP) is 3.38. The van der Waals surface area contributed by atoms with Gasteiger partial charge in [-0.1, -0.05) is 67.8 Å². The van der Waals surface area contributed by atoms with Gasteiger partial charge in [-0.2, -0.15) is 0 Å². The number of carboxylic acids is 1. The molecule has 2 aliphatic carbocycles. The van der Waals surface area contributed by atoms with E-state index in [0.717, 1.165) is 41.5 Å². The summed E-state index contributed by atoms with van der Waals surface area (Å²) in [7, 11) is 1.34. The van der Waals surface area contributed by atoms with Gasteiger partial charge in [-0.3, -0.25) is 9.63 Å². The highest BCUT2D eigenvalue weighted by atomic mass is 16.7. The summed E-state index contributed by atoms with van der Waals surface area (Å²) in [5, 5.41) is 12.0. The number of rotatable bonds is 9. The lowest BCUT2D eigenvalue weighted by Crippen LogP contribution is -2.60. The second kappa shape index (κ2) is 10.9. The van der Waals surface area contributed by atoms with Gasteiger partial charge in [-0.25, -0.2) is 15.1 Å². The summed E-state index contributed by atoms with van der Waals surface area (Å²) < 4.78 is 10.5. The van der Waals surface area contributed by atoms with E-state index in [2.05, 4.69) is 22.9 Å². The Hall–Kier alpha value is -3.43. The standard InChI is InChI=1S/C26H30N2O7/c1-33-16-22(23(29)30)35-28-24(31)26(13-7-2-8-14-26)27-25(32)34-15-21-19-11-5-3-9-17(19)18-10-4-6-12-20(18)21/h3-6,9-12,21-22H,2,7-8,13-16H2,1H3,(H,27,32)(H,28,31)(H,29,30). The van der Waals surface area contributed by atoms with E-state index >= 15 is 0 Å². The molecule has 1 atom stereocenters. The van der Waals surface area contributed by atoms with Crippen molar-refractivity contribution in [1.29, 1.82) is 0 Å². The van der Waals surface area contributed by atoms with Crippen LogP contribution in [-0.4, -0.2) is 55.0 Å². The van der Waals surface area contributed by atoms with Gasteiger partial charge in [0, 0.05) is 13.0 Å². The molecule has 35 heavy (non-hydrogen) atoms. The van der Waals surface area contributed by atoms with E-state index in [9.17, 15) is 19.5 Å². The number of hydroxylamine groups is 1. The zero-order valence-corrected chi connectivity index (χ0v) is 19.6. The maximum atomic E-state index is 13.0. The molecule has 0 aliphatic heterocycles. The van der Waals surface area contributed by atoms with Crippen molar-refractivity contribution in [3.63, 3.8) is 0 Å². The molecule has 0 spiro atoms. The van der Waals surface area contributed by atoms with Crippen LogP contribution in [0.2, 0.25) is 0 Å². The lowest BCUT2D eigenvalue weighted by atomic mass is 9.81. The number of benzene rings is 2. The average Bonchev–Trinajstić information content (AvgIpc) is 3.19. The third kappa shape index (κ3) is 5.31. The van der Waals surface area contributed by atoms with Crippen molar-refractivity contribution in [2.24, 2.45) is 0 Å². The normalized spacial score (nSPS) is 17.1. The number of hydrogen-bond donors (Lipinski definition) is 3. The summed E-state index contributed by atoms with van der Waals surface area (Å²) in [6, 6.07) is 16.1. The molecule has 9 heteroatoms. The zero-order chi connectivity index (χ0) is 24.8. The molecule has 1 fully saturated rings. The number of aliphatic carboxylic acids is 1. The van der Waals surface area contributed by atoms with Crippen LogP contribution in [0.1, 0.15) is 49.1 Å². The van der Waals surface area contributed by atoms with Crippen LogP contribution in [0, 0.1) is 0 Å². The Kier molecular flexibility index (Phi) is 7.67. The van der Waals surface area contributed by atoms with Gasteiger partial charge < -0.3 is 19.9 Å². The van der Waals surface area contributed by atoms with Gasteiger partial charge in [-0.15, -0.1) is 0 Å². The van der Waals surface area contributed by atoms with Gasteiger partial charge in [0.2, 0.25) is 6.10 Å². The molecule has 2 aromatic carbocycles. The van der Waals surface area contributed by atoms with Crippen LogP contribution in [0.5, 0.6) is 0 Å². The first kappa shape index (κ1) is 24.7. The zero-order valence-electron chi connectivity index (χ0n) is 19.6. The van der Waals surface area contributed by atoms with Crippen molar-refractivity contribution < 1.29 is 33.8 Å². The topological polar surface area (TPSA) is 123 Å². The number of alkyl carbamates (subject to hydrolysis) is 1. The van der Waals surface area contributed by atoms with Crippen LogP contribution in [0.15, 0.2) is 48.5 Å². The Morgan fingerprint density at radius 2 is 1.60 bits per heavy atom. The lowest BCUT2D eigenvalue weighted by Gasteiger charge is -2.36. The number of hydrogen-bond acceptors (Lipinski definition) is 6. The number of amides is 2. The fourth-order valence-electron chi connectivity index (χ4n) is 4.92. The number of fused-ring (bicyclic) bond motifs is 3. The van der Waals surface area contributed by atoms with Gasteiger partial charge in [0.25, 0.3) is 5.91 Å². The molecule has 1 saturated carbocycles. The maximum Gasteiger partial charge on any atom is 0.408 e. The smallest absolute Gasteiger partial charge is 0.408 e. The van der Waals surface area contributed by atoms with Crippen molar-refractivity contribution in [2.45, 2.75) is 49.7 Å². The van der Waals surface area contributed by atoms with Crippen molar-refractivity contribution in [3.8, 4) is 11.1 Å². The number of ether oxygens (including phenoxy) is 2. The first-order chi connectivity index (χ1) is 16.9. The molecule has 1 unspecified atom stereocenters. The van der Waals surface area contributed by atoms with Gasteiger partial charge >= 0.3 is 12.1 Å². The largest absolute Gasteiger partial charge is 0.479 e. The molecule has 186 valence electrons. The highest BCUT2D eigenvalue weighted by molar-refractivity contribution is 5.89. The minimum atomic E-state index is -1.36. The van der Waals surface area contributed by atoms with Crippen LogP contribution in [0.4, 0.5) is 4.79 Å². The van der Waals surface area contributed by atoms with E-state index in [-0.39, 0.29) is 19.1 Å². The fourth-order valence-corrected chi connectivity index (χ4v) is 4.92. The maximum absolute atomic E-state index is 13.0. The Labute approximate surface area is 203 Å². The van der Waals surface area contributed by atoms with Gasteiger partial charge in [0.15, 0.2) is 0 Å². The summed E-state index contributed by atoms with van der Waals surface area (Å²) in [5.74, 6) is -1.97. The molecule has 0 radical (unpaired) electrons. The van der Waals surface area contributed by atoms with Gasteiger partial charge in [0.05, 0.1) is 6.61 Å². The molecule has 2 aromatic rings. The molecular formula is C26H30N2O7. The molecule has 0 heterocycles. The van der Waals surface area contributed by atoms with Crippen LogP contribution < -0.4 is 10.8 Å².